The Kier molecular flexibility index (Phi) is 5.77. The number of para-hydroxylation sites is 1. The molecule has 0 spiro atoms. The van der Waals surface area contributed by atoms with Crippen LogP contribution in [0.4, 0.5) is 13.2 Å². The lowest BCUT2D eigenvalue weighted by molar-refractivity contribution is -0.148. The number of hydrogen-bond acceptors (Lipinski definition) is 5. The maximum absolute atomic E-state index is 13.1. The third kappa shape index (κ3) is 4.12. The van der Waals surface area contributed by atoms with Crippen LogP contribution in [0, 0.1) is 0 Å². The van der Waals surface area contributed by atoms with Crippen LogP contribution in [0.2, 0.25) is 0 Å². The van der Waals surface area contributed by atoms with Gasteiger partial charge in [-0.2, -0.15) is 13.2 Å². The molecule has 1 amide bonds. The summed E-state index contributed by atoms with van der Waals surface area (Å²) in [6.45, 7) is 5.50. The van der Waals surface area contributed by atoms with Gasteiger partial charge < -0.3 is 18.6 Å². The molecule has 2 aromatic heterocycles. The highest BCUT2D eigenvalue weighted by molar-refractivity contribution is 5.91. The molecular formula is C22H21F3N4O3. The molecule has 32 heavy (non-hydrogen) atoms. The van der Waals surface area contributed by atoms with Crippen LogP contribution in [-0.2, 0) is 25.7 Å². The average molecular weight is 446 g/mol. The average Bonchev–Trinajstić information content (AvgIpc) is 3.41. The number of allylic oxidation sites excluding steroid dienone is 1. The van der Waals surface area contributed by atoms with Gasteiger partial charge in [0, 0.05) is 13.1 Å². The summed E-state index contributed by atoms with van der Waals surface area (Å²) in [6.07, 6.45) is -2.16. The third-order valence-corrected chi connectivity index (χ3v) is 5.28. The van der Waals surface area contributed by atoms with Crippen molar-refractivity contribution in [1.29, 1.82) is 0 Å². The van der Waals surface area contributed by atoms with E-state index in [4.69, 9.17) is 9.15 Å². The lowest BCUT2D eigenvalue weighted by atomic mass is 10.1. The summed E-state index contributed by atoms with van der Waals surface area (Å²) >= 11 is 0. The van der Waals surface area contributed by atoms with Crippen LogP contribution in [0.1, 0.15) is 46.5 Å². The Hall–Kier alpha value is -3.56. The number of carbonyl (C=O) groups is 1. The highest BCUT2D eigenvalue weighted by Gasteiger charge is 2.42. The molecule has 1 aliphatic heterocycles. The number of rotatable bonds is 6. The second kappa shape index (κ2) is 8.52. The first-order chi connectivity index (χ1) is 15.3. The second-order valence-electron chi connectivity index (χ2n) is 7.36. The van der Waals surface area contributed by atoms with Gasteiger partial charge in [0.1, 0.15) is 18.1 Å². The van der Waals surface area contributed by atoms with Crippen LogP contribution in [0.15, 0.2) is 53.5 Å². The molecule has 3 aromatic rings. The van der Waals surface area contributed by atoms with E-state index in [1.165, 1.54) is 11.0 Å². The van der Waals surface area contributed by atoms with Gasteiger partial charge in [0.15, 0.2) is 11.6 Å². The number of halogens is 3. The number of nitrogens with zero attached hydrogens (tertiary/aromatic N) is 4. The summed E-state index contributed by atoms with van der Waals surface area (Å²) in [5.74, 6) is -0.168. The molecule has 1 aliphatic rings. The molecule has 0 aliphatic carbocycles. The molecule has 1 unspecified atom stereocenters. The van der Waals surface area contributed by atoms with Crippen LogP contribution in [0.5, 0.6) is 5.75 Å². The van der Waals surface area contributed by atoms with Crippen molar-refractivity contribution < 1.29 is 27.1 Å². The molecule has 168 valence electrons. The maximum atomic E-state index is 13.1. The minimum Gasteiger partial charge on any atom is -0.485 e. The topological polar surface area (TPSA) is 73.4 Å². The molecule has 1 atom stereocenters. The number of ether oxygens (including phenoxy) is 1. The molecular weight excluding hydrogens is 425 g/mol. The molecule has 0 N–H and O–H groups in total. The summed E-state index contributed by atoms with van der Waals surface area (Å²) in [5, 5.41) is 6.93. The Morgan fingerprint density at radius 3 is 2.78 bits per heavy atom. The van der Waals surface area contributed by atoms with E-state index >= 15 is 0 Å². The zero-order valence-electron chi connectivity index (χ0n) is 17.3. The van der Waals surface area contributed by atoms with E-state index < -0.39 is 23.9 Å². The predicted octanol–water partition coefficient (Wildman–Crippen LogP) is 4.41. The first-order valence-electron chi connectivity index (χ1n) is 10.0. The Morgan fingerprint density at radius 2 is 2.03 bits per heavy atom. The van der Waals surface area contributed by atoms with E-state index in [1.807, 2.05) is 24.3 Å². The van der Waals surface area contributed by atoms with Crippen LogP contribution in [0.3, 0.4) is 0 Å². The van der Waals surface area contributed by atoms with E-state index in [0.717, 1.165) is 10.1 Å². The largest absolute Gasteiger partial charge is 0.485 e. The number of hydrogen-bond donors (Lipinski definition) is 0. The van der Waals surface area contributed by atoms with Gasteiger partial charge in [0.2, 0.25) is 5.82 Å². The Bertz CT molecular complexity index is 1140. The van der Waals surface area contributed by atoms with Gasteiger partial charge in [-0.15, -0.1) is 16.8 Å². The van der Waals surface area contributed by atoms with Crippen molar-refractivity contribution in [2.45, 2.75) is 38.7 Å². The molecule has 0 radical (unpaired) electrons. The van der Waals surface area contributed by atoms with Crippen molar-refractivity contribution in [1.82, 2.24) is 19.7 Å². The van der Waals surface area contributed by atoms with Crippen molar-refractivity contribution in [3.63, 3.8) is 0 Å². The van der Waals surface area contributed by atoms with E-state index in [0.29, 0.717) is 17.9 Å². The fourth-order valence-electron chi connectivity index (χ4n) is 3.70. The fourth-order valence-corrected chi connectivity index (χ4v) is 3.70. The third-order valence-electron chi connectivity index (χ3n) is 5.28. The first-order valence-corrected chi connectivity index (χ1v) is 10.0. The number of amides is 1. The zero-order valence-corrected chi connectivity index (χ0v) is 17.3. The molecule has 0 bridgehead atoms. The van der Waals surface area contributed by atoms with Crippen LogP contribution in [0.25, 0.3) is 0 Å². The Balaban J connectivity index is 1.45. The summed E-state index contributed by atoms with van der Waals surface area (Å²) in [7, 11) is 0. The van der Waals surface area contributed by atoms with Crippen molar-refractivity contribution >= 4 is 5.91 Å². The second-order valence-corrected chi connectivity index (χ2v) is 7.36. The molecule has 7 nitrogen and oxygen atoms in total. The minimum absolute atomic E-state index is 0.0516. The number of aromatic nitrogens is 3. The molecule has 0 fully saturated rings. The van der Waals surface area contributed by atoms with Gasteiger partial charge in [0.05, 0.1) is 6.04 Å². The SMILES string of the molecule is C=CCc1ccccc1OCc1ccc(C(=O)N2CCn3c(nnc3C(F)(F)F)C2C)o1. The van der Waals surface area contributed by atoms with E-state index in [-0.39, 0.29) is 31.3 Å². The monoisotopic (exact) mass is 446 g/mol. The molecule has 0 saturated carbocycles. The summed E-state index contributed by atoms with van der Waals surface area (Å²) in [5.41, 5.74) is 0.981. The number of furan rings is 1. The van der Waals surface area contributed by atoms with Crippen LogP contribution >= 0.6 is 0 Å². The lowest BCUT2D eigenvalue weighted by Gasteiger charge is -2.33. The highest BCUT2D eigenvalue weighted by Crippen LogP contribution is 2.33. The summed E-state index contributed by atoms with van der Waals surface area (Å²) in [6, 6.07) is 10.0. The number of alkyl halides is 3. The van der Waals surface area contributed by atoms with E-state index in [1.54, 1.807) is 19.1 Å². The Morgan fingerprint density at radius 1 is 1.25 bits per heavy atom. The fraction of sp³-hybridized carbons (Fsp3) is 0.318. The zero-order chi connectivity index (χ0) is 22.9. The smallest absolute Gasteiger partial charge is 0.451 e. The van der Waals surface area contributed by atoms with Gasteiger partial charge in [-0.05, 0) is 37.1 Å². The molecule has 1 aromatic carbocycles. The maximum Gasteiger partial charge on any atom is 0.451 e. The number of fused-ring (bicyclic) bond motifs is 1. The van der Waals surface area contributed by atoms with Gasteiger partial charge >= 0.3 is 6.18 Å². The van der Waals surface area contributed by atoms with Crippen molar-refractivity contribution in [3.05, 3.63) is 77.8 Å². The van der Waals surface area contributed by atoms with E-state index in [2.05, 4.69) is 16.8 Å². The molecule has 0 saturated heterocycles. The first kappa shape index (κ1) is 21.7. The van der Waals surface area contributed by atoms with Gasteiger partial charge in [-0.1, -0.05) is 24.3 Å². The van der Waals surface area contributed by atoms with Crippen LogP contribution < -0.4 is 4.74 Å². The van der Waals surface area contributed by atoms with Gasteiger partial charge in [0.25, 0.3) is 5.91 Å². The van der Waals surface area contributed by atoms with Gasteiger partial charge in [-0.25, -0.2) is 0 Å². The number of benzene rings is 1. The lowest BCUT2D eigenvalue weighted by Crippen LogP contribution is -2.41. The molecule has 3 heterocycles. The number of carbonyl (C=O) groups excluding carboxylic acids is 1. The van der Waals surface area contributed by atoms with Gasteiger partial charge in [-0.3, -0.25) is 4.79 Å². The normalized spacial score (nSPS) is 16.0. The van der Waals surface area contributed by atoms with E-state index in [9.17, 15) is 18.0 Å². The summed E-state index contributed by atoms with van der Waals surface area (Å²) in [4.78, 5) is 14.4. The standard InChI is InChI=1S/C22H21F3N4O3/c1-3-6-15-7-4-5-8-17(15)31-13-16-9-10-18(32-16)20(30)28-11-12-29-19(14(28)2)26-27-21(29)22(23,24)25/h3-5,7-10,14H,1,6,11-13H2,2H3. The van der Waals surface area contributed by atoms with Crippen LogP contribution in [-0.4, -0.2) is 32.1 Å². The van der Waals surface area contributed by atoms with Crippen molar-refractivity contribution in [3.8, 4) is 5.75 Å². The predicted molar refractivity (Wildman–Crippen MR) is 108 cm³/mol. The minimum atomic E-state index is -4.60. The molecule has 4 rings (SSSR count). The highest BCUT2D eigenvalue weighted by atomic mass is 19.4. The molecule has 10 heteroatoms. The quantitative estimate of drug-likeness (QED) is 0.525. The Labute approximate surface area is 182 Å². The van der Waals surface area contributed by atoms with Crippen molar-refractivity contribution in [2.75, 3.05) is 6.54 Å². The summed E-state index contributed by atoms with van der Waals surface area (Å²) < 4.78 is 51.8. The van der Waals surface area contributed by atoms with Crippen molar-refractivity contribution in [2.24, 2.45) is 0 Å².